The molecule has 150 valence electrons. The molecule has 1 saturated heterocycles. The number of piperidine rings is 1. The number of carbonyl (C=O) groups is 1. The van der Waals surface area contributed by atoms with Gasteiger partial charge in [-0.05, 0) is 50.2 Å². The molecule has 3 heterocycles. The number of likely N-dealkylation sites (tertiary alicyclic amines) is 1. The van der Waals surface area contributed by atoms with Crippen LogP contribution < -0.4 is 9.80 Å². The summed E-state index contributed by atoms with van der Waals surface area (Å²) in [6.45, 7) is 3.28. The lowest BCUT2D eigenvalue weighted by Crippen LogP contribution is -2.42. The number of nitrogens with zero attached hydrogens (tertiary/aromatic N) is 3. The largest absolute Gasteiger partial charge is 0.487 e. The van der Waals surface area contributed by atoms with Gasteiger partial charge in [0.15, 0.2) is 0 Å². The fraction of sp³-hybridized carbons (Fsp3) is 0.375. The molecule has 0 radical (unpaired) electrons. The van der Waals surface area contributed by atoms with Crippen LogP contribution in [-0.2, 0) is 16.1 Å². The lowest BCUT2D eigenvalue weighted by molar-refractivity contribution is -0.113. The lowest BCUT2D eigenvalue weighted by atomic mass is 10.00. The lowest BCUT2D eigenvalue weighted by Gasteiger charge is -2.30. The first-order valence-corrected chi connectivity index (χ1v) is 10.4. The van der Waals surface area contributed by atoms with Gasteiger partial charge in [0.05, 0.1) is 17.9 Å². The molecule has 3 aliphatic rings. The van der Waals surface area contributed by atoms with Gasteiger partial charge in [0.2, 0.25) is 0 Å². The summed E-state index contributed by atoms with van der Waals surface area (Å²) in [5, 5.41) is 0. The SMILES string of the molecule is CN(C)c1ccc2c(c1)CO/C2=C1\C(=O)N(CN2CCCCC2)c2ccccc21. The number of hydrogen-bond donors (Lipinski definition) is 0. The number of amides is 1. The fourth-order valence-corrected chi connectivity index (χ4v) is 4.57. The van der Waals surface area contributed by atoms with Crippen molar-refractivity contribution in [3.05, 3.63) is 59.2 Å². The Morgan fingerprint density at radius 2 is 1.79 bits per heavy atom. The van der Waals surface area contributed by atoms with E-state index in [2.05, 4.69) is 34.1 Å². The van der Waals surface area contributed by atoms with Gasteiger partial charge in [-0.15, -0.1) is 0 Å². The van der Waals surface area contributed by atoms with Crippen molar-refractivity contribution < 1.29 is 9.53 Å². The number of anilines is 2. The van der Waals surface area contributed by atoms with Gasteiger partial charge in [0.25, 0.3) is 5.91 Å². The molecular formula is C24H27N3O2. The number of hydrogen-bond acceptors (Lipinski definition) is 4. The second-order valence-electron chi connectivity index (χ2n) is 8.30. The summed E-state index contributed by atoms with van der Waals surface area (Å²) in [7, 11) is 4.07. The standard InChI is InChI=1S/C24H27N3O2/c1-25(2)18-10-11-19-17(14-18)15-29-23(19)22-20-8-4-5-9-21(20)27(24(22)28)16-26-12-6-3-7-13-26/h4-5,8-11,14H,3,6-7,12-13,15-16H2,1-2H3/b23-22-. The van der Waals surface area contributed by atoms with Crippen LogP contribution >= 0.6 is 0 Å². The van der Waals surface area contributed by atoms with Gasteiger partial charge in [0.1, 0.15) is 12.4 Å². The van der Waals surface area contributed by atoms with Crippen molar-refractivity contribution >= 4 is 28.6 Å². The van der Waals surface area contributed by atoms with Gasteiger partial charge in [-0.3, -0.25) is 14.6 Å². The Balaban J connectivity index is 1.55. The van der Waals surface area contributed by atoms with Crippen LogP contribution in [0.5, 0.6) is 0 Å². The fourth-order valence-electron chi connectivity index (χ4n) is 4.57. The topological polar surface area (TPSA) is 36.0 Å². The Hall–Kier alpha value is -2.79. The zero-order valence-corrected chi connectivity index (χ0v) is 17.1. The van der Waals surface area contributed by atoms with E-state index in [1.165, 1.54) is 19.3 Å². The van der Waals surface area contributed by atoms with Crippen molar-refractivity contribution in [3.8, 4) is 0 Å². The van der Waals surface area contributed by atoms with Crippen molar-refractivity contribution in [2.75, 3.05) is 43.7 Å². The summed E-state index contributed by atoms with van der Waals surface area (Å²) in [4.78, 5) is 20.0. The van der Waals surface area contributed by atoms with E-state index < -0.39 is 0 Å². The molecule has 5 rings (SSSR count). The maximum absolute atomic E-state index is 13.6. The van der Waals surface area contributed by atoms with Crippen LogP contribution in [0.25, 0.3) is 11.3 Å². The van der Waals surface area contributed by atoms with E-state index in [0.717, 1.165) is 46.9 Å². The van der Waals surface area contributed by atoms with Gasteiger partial charge in [-0.1, -0.05) is 24.6 Å². The van der Waals surface area contributed by atoms with E-state index in [9.17, 15) is 4.79 Å². The first kappa shape index (κ1) is 18.3. The molecule has 0 N–H and O–H groups in total. The van der Waals surface area contributed by atoms with Crippen molar-refractivity contribution in [3.63, 3.8) is 0 Å². The monoisotopic (exact) mass is 389 g/mol. The second kappa shape index (κ2) is 7.23. The summed E-state index contributed by atoms with van der Waals surface area (Å²) in [6, 6.07) is 14.4. The van der Waals surface area contributed by atoms with Gasteiger partial charge in [-0.25, -0.2) is 0 Å². The Kier molecular flexibility index (Phi) is 4.55. The zero-order chi connectivity index (χ0) is 20.0. The minimum Gasteiger partial charge on any atom is -0.487 e. The predicted molar refractivity (Wildman–Crippen MR) is 117 cm³/mol. The molecular weight excluding hydrogens is 362 g/mol. The third-order valence-electron chi connectivity index (χ3n) is 6.16. The van der Waals surface area contributed by atoms with Gasteiger partial charge < -0.3 is 9.64 Å². The van der Waals surface area contributed by atoms with Crippen LogP contribution in [-0.4, -0.2) is 44.7 Å². The highest BCUT2D eigenvalue weighted by atomic mass is 16.5. The highest BCUT2D eigenvalue weighted by Gasteiger charge is 2.38. The molecule has 3 aliphatic heterocycles. The van der Waals surface area contributed by atoms with Crippen LogP contribution in [0.15, 0.2) is 42.5 Å². The number of rotatable bonds is 3. The maximum atomic E-state index is 13.6. The van der Waals surface area contributed by atoms with Crippen LogP contribution in [0.2, 0.25) is 0 Å². The maximum Gasteiger partial charge on any atom is 0.263 e. The second-order valence-corrected chi connectivity index (χ2v) is 8.30. The molecule has 5 heteroatoms. The summed E-state index contributed by atoms with van der Waals surface area (Å²) in [5.41, 5.74) is 5.99. The molecule has 29 heavy (non-hydrogen) atoms. The number of carbonyl (C=O) groups excluding carboxylic acids is 1. The smallest absolute Gasteiger partial charge is 0.263 e. The molecule has 2 aromatic rings. The van der Waals surface area contributed by atoms with Crippen LogP contribution in [0.4, 0.5) is 11.4 Å². The molecule has 5 nitrogen and oxygen atoms in total. The van der Waals surface area contributed by atoms with Crippen molar-refractivity contribution in [1.29, 1.82) is 0 Å². The summed E-state index contributed by atoms with van der Waals surface area (Å²) in [6.07, 6.45) is 3.71. The minimum atomic E-state index is 0.0521. The highest BCUT2D eigenvalue weighted by Crippen LogP contribution is 2.44. The van der Waals surface area contributed by atoms with Gasteiger partial charge in [0, 0.05) is 36.5 Å². The molecule has 0 aromatic heterocycles. The molecule has 0 saturated carbocycles. The molecule has 1 fully saturated rings. The third kappa shape index (κ3) is 3.10. The Bertz CT molecular complexity index is 989. The quantitative estimate of drug-likeness (QED) is 0.745. The van der Waals surface area contributed by atoms with E-state index in [1.54, 1.807) is 0 Å². The summed E-state index contributed by atoms with van der Waals surface area (Å²) < 4.78 is 6.11. The molecule has 0 atom stereocenters. The van der Waals surface area contributed by atoms with Crippen LogP contribution in [0.1, 0.15) is 36.0 Å². The number of para-hydroxylation sites is 1. The van der Waals surface area contributed by atoms with Crippen LogP contribution in [0.3, 0.4) is 0 Å². The average molecular weight is 389 g/mol. The van der Waals surface area contributed by atoms with E-state index >= 15 is 0 Å². The van der Waals surface area contributed by atoms with Crippen molar-refractivity contribution in [2.45, 2.75) is 25.9 Å². The first-order chi connectivity index (χ1) is 14.1. The van der Waals surface area contributed by atoms with Crippen molar-refractivity contribution in [1.82, 2.24) is 4.90 Å². The van der Waals surface area contributed by atoms with Crippen LogP contribution in [0, 0.1) is 0 Å². The molecule has 0 bridgehead atoms. The van der Waals surface area contributed by atoms with Crippen molar-refractivity contribution in [2.24, 2.45) is 0 Å². The Morgan fingerprint density at radius 1 is 1.00 bits per heavy atom. The summed E-state index contributed by atoms with van der Waals surface area (Å²) in [5.74, 6) is 0.778. The van der Waals surface area contributed by atoms with E-state index in [0.29, 0.717) is 18.8 Å². The Morgan fingerprint density at radius 3 is 2.59 bits per heavy atom. The molecule has 1 amide bonds. The number of benzene rings is 2. The first-order valence-electron chi connectivity index (χ1n) is 10.4. The molecule has 0 spiro atoms. The number of ether oxygens (including phenoxy) is 1. The molecule has 0 unspecified atom stereocenters. The van der Waals surface area contributed by atoms with Gasteiger partial charge in [-0.2, -0.15) is 0 Å². The predicted octanol–water partition coefficient (Wildman–Crippen LogP) is 3.94. The van der Waals surface area contributed by atoms with E-state index in [1.807, 2.05) is 37.2 Å². The third-order valence-corrected chi connectivity index (χ3v) is 6.16. The summed E-state index contributed by atoms with van der Waals surface area (Å²) >= 11 is 0. The normalized spacial score (nSPS) is 21.2. The van der Waals surface area contributed by atoms with E-state index in [-0.39, 0.29) is 5.91 Å². The minimum absolute atomic E-state index is 0.0521. The zero-order valence-electron chi connectivity index (χ0n) is 17.1. The van der Waals surface area contributed by atoms with Gasteiger partial charge >= 0.3 is 0 Å². The molecule has 0 aliphatic carbocycles. The average Bonchev–Trinajstić information content (AvgIpc) is 3.27. The van der Waals surface area contributed by atoms with E-state index in [4.69, 9.17) is 4.74 Å². The number of fused-ring (bicyclic) bond motifs is 2. The highest BCUT2D eigenvalue weighted by molar-refractivity contribution is 6.37. The Labute approximate surface area is 172 Å². The molecule has 2 aromatic carbocycles.